The predicted molar refractivity (Wildman–Crippen MR) is 118 cm³/mol. The minimum Gasteiger partial charge on any atom is -0.491 e. The van der Waals surface area contributed by atoms with Gasteiger partial charge in [0.25, 0.3) is 5.91 Å². The number of benzene rings is 2. The number of fused-ring (bicyclic) bond motifs is 2. The third kappa shape index (κ3) is 3.19. The van der Waals surface area contributed by atoms with Gasteiger partial charge in [0, 0.05) is 0 Å². The molecule has 2 aromatic heterocycles. The molecule has 0 fully saturated rings. The zero-order valence-corrected chi connectivity index (χ0v) is 18.0. The molecule has 0 saturated heterocycles. The Morgan fingerprint density at radius 1 is 1.13 bits per heavy atom. The lowest BCUT2D eigenvalue weighted by Gasteiger charge is -2.22. The van der Waals surface area contributed by atoms with Crippen molar-refractivity contribution < 1.29 is 13.9 Å². The van der Waals surface area contributed by atoms with E-state index in [0.717, 1.165) is 11.1 Å². The van der Waals surface area contributed by atoms with E-state index in [4.69, 9.17) is 9.15 Å². The van der Waals surface area contributed by atoms with Crippen LogP contribution in [0.2, 0.25) is 0 Å². The summed E-state index contributed by atoms with van der Waals surface area (Å²) in [4.78, 5) is 28.4. The molecule has 1 aliphatic rings. The fourth-order valence-electron chi connectivity index (χ4n) is 3.87. The molecule has 0 unspecified atom stereocenters. The normalized spacial score (nSPS) is 15.7. The van der Waals surface area contributed by atoms with Crippen molar-refractivity contribution in [1.29, 1.82) is 0 Å². The van der Waals surface area contributed by atoms with Crippen LogP contribution in [-0.4, -0.2) is 22.2 Å². The summed E-state index contributed by atoms with van der Waals surface area (Å²) in [6.45, 7) is 5.82. The molecule has 0 aliphatic carbocycles. The molecule has 1 amide bonds. The average molecular weight is 433 g/mol. The van der Waals surface area contributed by atoms with Crippen LogP contribution in [0.3, 0.4) is 0 Å². The number of carbonyl (C=O) groups is 1. The largest absolute Gasteiger partial charge is 0.491 e. The van der Waals surface area contributed by atoms with E-state index in [2.05, 4.69) is 10.2 Å². The van der Waals surface area contributed by atoms with E-state index in [-0.39, 0.29) is 17.3 Å². The van der Waals surface area contributed by atoms with Crippen molar-refractivity contribution in [3.63, 3.8) is 0 Å². The molecule has 3 heterocycles. The molecule has 31 heavy (non-hydrogen) atoms. The summed E-state index contributed by atoms with van der Waals surface area (Å²) < 4.78 is 11.7. The summed E-state index contributed by atoms with van der Waals surface area (Å²) in [5.41, 5.74) is 3.75. The summed E-state index contributed by atoms with van der Waals surface area (Å²) in [5.74, 6) is 0.356. The molecule has 5 rings (SSSR count). The molecule has 0 radical (unpaired) electrons. The molecule has 0 bridgehead atoms. The van der Waals surface area contributed by atoms with Crippen LogP contribution in [0.15, 0.2) is 57.2 Å². The lowest BCUT2D eigenvalue weighted by molar-refractivity contribution is 0.0970. The second-order valence-electron chi connectivity index (χ2n) is 7.71. The summed E-state index contributed by atoms with van der Waals surface area (Å²) in [5, 5.41) is 8.82. The van der Waals surface area contributed by atoms with Gasteiger partial charge in [-0.1, -0.05) is 35.1 Å². The van der Waals surface area contributed by atoms with Crippen LogP contribution in [0.1, 0.15) is 47.1 Å². The van der Waals surface area contributed by atoms with Crippen LogP contribution >= 0.6 is 11.3 Å². The van der Waals surface area contributed by atoms with Gasteiger partial charge in [0.05, 0.1) is 23.1 Å². The Morgan fingerprint density at radius 2 is 1.90 bits per heavy atom. The van der Waals surface area contributed by atoms with Crippen LogP contribution in [0.4, 0.5) is 5.13 Å². The SMILES string of the molecule is Cc1ccc2oc3c(c(=O)c2c1)[C@H](c1ccc(OC(C)C)cc1)N(c1nncs1)C3=O. The highest BCUT2D eigenvalue weighted by molar-refractivity contribution is 7.13. The number of rotatable bonds is 4. The van der Waals surface area contributed by atoms with Crippen molar-refractivity contribution in [1.82, 2.24) is 10.2 Å². The van der Waals surface area contributed by atoms with Gasteiger partial charge < -0.3 is 9.15 Å². The molecule has 2 aromatic carbocycles. The van der Waals surface area contributed by atoms with Crippen molar-refractivity contribution in [2.75, 3.05) is 4.90 Å². The molecule has 1 aliphatic heterocycles. The number of ether oxygens (including phenoxy) is 1. The number of aromatic nitrogens is 2. The van der Waals surface area contributed by atoms with Gasteiger partial charge >= 0.3 is 0 Å². The van der Waals surface area contributed by atoms with Gasteiger partial charge in [-0.05, 0) is 50.6 Å². The van der Waals surface area contributed by atoms with Crippen LogP contribution in [0.5, 0.6) is 5.75 Å². The fraction of sp³-hybridized carbons (Fsp3) is 0.217. The molecule has 0 N–H and O–H groups in total. The maximum absolute atomic E-state index is 13.5. The van der Waals surface area contributed by atoms with E-state index in [1.165, 1.54) is 16.2 Å². The first-order valence-corrected chi connectivity index (χ1v) is 10.8. The molecule has 0 saturated carbocycles. The molecule has 7 nitrogen and oxygen atoms in total. The number of hydrogen-bond donors (Lipinski definition) is 0. The first kappa shape index (κ1) is 19.4. The number of amides is 1. The van der Waals surface area contributed by atoms with Gasteiger partial charge in [0.15, 0.2) is 5.43 Å². The van der Waals surface area contributed by atoms with Crippen molar-refractivity contribution in [2.24, 2.45) is 0 Å². The molecule has 4 aromatic rings. The first-order chi connectivity index (χ1) is 14.9. The standard InChI is InChI=1S/C23H19N3O4S/c1-12(2)29-15-7-5-14(6-8-15)19-18-20(27)16-10-13(3)4-9-17(16)30-21(18)22(28)26(19)23-25-24-11-31-23/h4-12,19H,1-3H3/t19-/m0/s1. The number of nitrogens with zero attached hydrogens (tertiary/aromatic N) is 3. The first-order valence-electron chi connectivity index (χ1n) is 9.87. The number of anilines is 1. The highest BCUT2D eigenvalue weighted by atomic mass is 32.1. The monoisotopic (exact) mass is 433 g/mol. The summed E-state index contributed by atoms with van der Waals surface area (Å²) in [6.07, 6.45) is 0.0409. The Kier molecular flexibility index (Phi) is 4.59. The predicted octanol–water partition coefficient (Wildman–Crippen LogP) is 4.49. The second-order valence-corrected chi connectivity index (χ2v) is 8.52. The third-order valence-electron chi connectivity index (χ3n) is 5.15. The maximum Gasteiger partial charge on any atom is 0.297 e. The molecular formula is C23H19N3O4S. The topological polar surface area (TPSA) is 85.5 Å². The van der Waals surface area contributed by atoms with E-state index in [9.17, 15) is 9.59 Å². The molecular weight excluding hydrogens is 414 g/mol. The van der Waals surface area contributed by atoms with Crippen LogP contribution in [0.25, 0.3) is 11.0 Å². The Balaban J connectivity index is 1.73. The van der Waals surface area contributed by atoms with E-state index >= 15 is 0 Å². The number of hydrogen-bond acceptors (Lipinski definition) is 7. The quantitative estimate of drug-likeness (QED) is 0.471. The van der Waals surface area contributed by atoms with Crippen molar-refractivity contribution in [3.05, 3.63) is 80.6 Å². The van der Waals surface area contributed by atoms with E-state index in [0.29, 0.717) is 27.4 Å². The average Bonchev–Trinajstić information content (AvgIpc) is 3.36. The summed E-state index contributed by atoms with van der Waals surface area (Å²) in [7, 11) is 0. The van der Waals surface area contributed by atoms with Crippen LogP contribution in [0, 0.1) is 6.92 Å². The summed E-state index contributed by atoms with van der Waals surface area (Å²) >= 11 is 1.23. The van der Waals surface area contributed by atoms with Gasteiger partial charge in [0.1, 0.15) is 16.8 Å². The van der Waals surface area contributed by atoms with E-state index < -0.39 is 11.9 Å². The Hall–Kier alpha value is -3.52. The van der Waals surface area contributed by atoms with Crippen molar-refractivity contribution >= 4 is 33.3 Å². The van der Waals surface area contributed by atoms with Gasteiger partial charge in [-0.2, -0.15) is 0 Å². The minimum absolute atomic E-state index is 0.0409. The molecule has 156 valence electrons. The molecule has 1 atom stereocenters. The Bertz CT molecular complexity index is 1340. The molecule has 8 heteroatoms. The summed E-state index contributed by atoms with van der Waals surface area (Å²) in [6, 6.07) is 12.1. The zero-order chi connectivity index (χ0) is 21.7. The van der Waals surface area contributed by atoms with E-state index in [1.807, 2.05) is 51.1 Å². The fourth-order valence-corrected chi connectivity index (χ4v) is 4.46. The van der Waals surface area contributed by atoms with Crippen LogP contribution in [-0.2, 0) is 0 Å². The van der Waals surface area contributed by atoms with Gasteiger partial charge in [-0.15, -0.1) is 10.2 Å². The van der Waals surface area contributed by atoms with Crippen molar-refractivity contribution in [2.45, 2.75) is 32.9 Å². The zero-order valence-electron chi connectivity index (χ0n) is 17.2. The molecule has 0 spiro atoms. The van der Waals surface area contributed by atoms with Gasteiger partial charge in [-0.3, -0.25) is 14.5 Å². The number of aryl methyl sites for hydroxylation is 1. The highest BCUT2D eigenvalue weighted by Crippen LogP contribution is 2.41. The third-order valence-corrected chi connectivity index (χ3v) is 5.84. The van der Waals surface area contributed by atoms with E-state index in [1.54, 1.807) is 17.6 Å². The number of carbonyl (C=O) groups excluding carboxylic acids is 1. The smallest absolute Gasteiger partial charge is 0.297 e. The van der Waals surface area contributed by atoms with Gasteiger partial charge in [0.2, 0.25) is 10.9 Å². The Labute approximate surface area is 181 Å². The Morgan fingerprint density at radius 3 is 2.58 bits per heavy atom. The van der Waals surface area contributed by atoms with Crippen LogP contribution < -0.4 is 15.1 Å². The van der Waals surface area contributed by atoms with Gasteiger partial charge in [-0.25, -0.2) is 0 Å². The second kappa shape index (κ2) is 7.31. The lowest BCUT2D eigenvalue weighted by atomic mass is 9.98. The van der Waals surface area contributed by atoms with Crippen molar-refractivity contribution in [3.8, 4) is 5.75 Å². The minimum atomic E-state index is -0.662. The maximum atomic E-state index is 13.5. The lowest BCUT2D eigenvalue weighted by Crippen LogP contribution is -2.29. The highest BCUT2D eigenvalue weighted by Gasteiger charge is 2.44.